The van der Waals surface area contributed by atoms with Gasteiger partial charge in [-0.2, -0.15) is 0 Å². The van der Waals surface area contributed by atoms with Crippen LogP contribution in [0.3, 0.4) is 0 Å². The van der Waals surface area contributed by atoms with Gasteiger partial charge in [-0.1, -0.05) is 41.6 Å². The van der Waals surface area contributed by atoms with Crippen LogP contribution in [0.1, 0.15) is 30.1 Å². The van der Waals surface area contributed by atoms with Gasteiger partial charge in [-0.15, -0.1) is 0 Å². The first-order valence-corrected chi connectivity index (χ1v) is 14.8. The lowest BCUT2D eigenvalue weighted by Crippen LogP contribution is -2.43. The summed E-state index contributed by atoms with van der Waals surface area (Å²) in [4.78, 5) is 25.4. The van der Waals surface area contributed by atoms with Gasteiger partial charge in [0.1, 0.15) is 0 Å². The van der Waals surface area contributed by atoms with Gasteiger partial charge in [0.2, 0.25) is 15.9 Å². The lowest BCUT2D eigenvalue weighted by Gasteiger charge is -2.34. The van der Waals surface area contributed by atoms with E-state index in [0.29, 0.717) is 18.5 Å². The van der Waals surface area contributed by atoms with Crippen molar-refractivity contribution in [1.82, 2.24) is 10.6 Å². The molecular formula is C24H29ClN4O5S2. The Labute approximate surface area is 220 Å². The summed E-state index contributed by atoms with van der Waals surface area (Å²) in [5.41, 5.74) is 2.95. The number of rotatable bonds is 9. The molecule has 0 aliphatic carbocycles. The first-order chi connectivity index (χ1) is 17.1. The van der Waals surface area contributed by atoms with Crippen LogP contribution in [-0.4, -0.2) is 61.9 Å². The molecule has 2 heterocycles. The Balaban J connectivity index is 1.24. The number of carbonyl (C=O) groups excluding carboxylic acids is 2. The van der Waals surface area contributed by atoms with E-state index in [1.807, 2.05) is 12.1 Å². The van der Waals surface area contributed by atoms with Gasteiger partial charge in [0, 0.05) is 31.4 Å². The molecule has 0 saturated carbocycles. The van der Waals surface area contributed by atoms with E-state index in [0.717, 1.165) is 55.2 Å². The maximum atomic E-state index is 11.8. The maximum absolute atomic E-state index is 11.8. The van der Waals surface area contributed by atoms with Gasteiger partial charge in [0.25, 0.3) is 5.24 Å². The molecule has 9 nitrogen and oxygen atoms in total. The predicted molar refractivity (Wildman–Crippen MR) is 143 cm³/mol. The summed E-state index contributed by atoms with van der Waals surface area (Å²) in [6.07, 6.45) is 2.60. The van der Waals surface area contributed by atoms with E-state index in [4.69, 9.17) is 11.6 Å². The molecule has 4 rings (SSSR count). The Morgan fingerprint density at radius 1 is 1.17 bits per heavy atom. The molecule has 36 heavy (non-hydrogen) atoms. The molecule has 0 bridgehead atoms. The van der Waals surface area contributed by atoms with E-state index in [2.05, 4.69) is 32.4 Å². The number of carbonyl (C=O) groups is 2. The zero-order valence-electron chi connectivity index (χ0n) is 19.7. The second kappa shape index (κ2) is 11.4. The highest BCUT2D eigenvalue weighted by Gasteiger charge is 2.31. The van der Waals surface area contributed by atoms with E-state index >= 15 is 0 Å². The SMILES string of the molecule is CS(=O)(=O)Nc1cc([C@@H](O)CNC2CCN(c3ccc(CC4SC(=O)NC4=O)cc3)CC2)ccc1Cl. The minimum atomic E-state index is -3.48. The third kappa shape index (κ3) is 7.13. The van der Waals surface area contributed by atoms with Crippen molar-refractivity contribution in [2.75, 3.05) is 35.5 Å². The Kier molecular flexibility index (Phi) is 8.46. The fraction of sp³-hybridized carbons (Fsp3) is 0.417. The third-order valence-electron chi connectivity index (χ3n) is 6.25. The van der Waals surface area contributed by atoms with E-state index < -0.39 is 16.1 Å². The quantitative estimate of drug-likeness (QED) is 0.374. The van der Waals surface area contributed by atoms with E-state index in [1.165, 1.54) is 0 Å². The Hall–Kier alpha value is -2.31. The lowest BCUT2D eigenvalue weighted by molar-refractivity contribution is -0.118. The molecule has 0 radical (unpaired) electrons. The molecule has 194 valence electrons. The average Bonchev–Trinajstić information content (AvgIpc) is 3.15. The van der Waals surface area contributed by atoms with Crippen molar-refractivity contribution in [1.29, 1.82) is 0 Å². The summed E-state index contributed by atoms with van der Waals surface area (Å²) >= 11 is 7.11. The first kappa shape index (κ1) is 26.7. The zero-order chi connectivity index (χ0) is 25.9. The van der Waals surface area contributed by atoms with Crippen LogP contribution < -0.4 is 20.3 Å². The third-order valence-corrected chi connectivity index (χ3v) is 8.16. The molecule has 2 amide bonds. The van der Waals surface area contributed by atoms with Gasteiger partial charge in [0.05, 0.1) is 28.3 Å². The van der Waals surface area contributed by atoms with Crippen molar-refractivity contribution >= 4 is 55.9 Å². The van der Waals surface area contributed by atoms with Gasteiger partial charge in [-0.05, 0) is 54.7 Å². The van der Waals surface area contributed by atoms with Crippen molar-refractivity contribution in [3.63, 3.8) is 0 Å². The van der Waals surface area contributed by atoms with Gasteiger partial charge in [-0.3, -0.25) is 19.6 Å². The highest BCUT2D eigenvalue weighted by Crippen LogP contribution is 2.28. The summed E-state index contributed by atoms with van der Waals surface area (Å²) in [7, 11) is -3.48. The highest BCUT2D eigenvalue weighted by molar-refractivity contribution is 8.15. The summed E-state index contributed by atoms with van der Waals surface area (Å²) in [5.74, 6) is -0.226. The smallest absolute Gasteiger partial charge is 0.286 e. The second-order valence-corrected chi connectivity index (χ2v) is 12.4. The Morgan fingerprint density at radius 2 is 1.86 bits per heavy atom. The van der Waals surface area contributed by atoms with Crippen molar-refractivity contribution in [2.45, 2.75) is 36.7 Å². The number of imide groups is 1. The topological polar surface area (TPSA) is 128 Å². The Morgan fingerprint density at radius 3 is 2.47 bits per heavy atom. The molecule has 2 aliphatic heterocycles. The monoisotopic (exact) mass is 552 g/mol. The van der Waals surface area contributed by atoms with Gasteiger partial charge >= 0.3 is 0 Å². The minimum Gasteiger partial charge on any atom is -0.387 e. The van der Waals surface area contributed by atoms with Gasteiger partial charge < -0.3 is 15.3 Å². The fourth-order valence-corrected chi connectivity index (χ4v) is 6.00. The van der Waals surface area contributed by atoms with E-state index in [1.54, 1.807) is 18.2 Å². The van der Waals surface area contributed by atoms with Crippen molar-refractivity contribution < 1.29 is 23.1 Å². The number of aliphatic hydroxyl groups excluding tert-OH is 1. The fourth-order valence-electron chi connectivity index (χ4n) is 4.35. The highest BCUT2D eigenvalue weighted by atomic mass is 35.5. The molecule has 2 aromatic rings. The standard InChI is InChI=1S/C24H29ClN4O5S2/c1-36(33,34)28-20-13-16(4-7-19(20)25)21(30)14-26-17-8-10-29(11-9-17)18-5-2-15(3-6-18)12-22-23(31)27-24(32)35-22/h2-7,13,17,21-22,26,28,30H,8-12,14H2,1H3,(H,27,31,32)/t21-,22?/m0/s1. The number of amides is 2. The van der Waals surface area contributed by atoms with E-state index in [9.17, 15) is 23.1 Å². The van der Waals surface area contributed by atoms with Crippen LogP contribution in [0.5, 0.6) is 0 Å². The molecule has 0 aromatic heterocycles. The van der Waals surface area contributed by atoms with Crippen LogP contribution in [0.15, 0.2) is 42.5 Å². The Bertz CT molecular complexity index is 1220. The maximum Gasteiger partial charge on any atom is 0.286 e. The molecule has 0 spiro atoms. The van der Waals surface area contributed by atoms with Crippen LogP contribution in [0.4, 0.5) is 16.2 Å². The van der Waals surface area contributed by atoms with Crippen molar-refractivity contribution in [3.05, 3.63) is 58.6 Å². The van der Waals surface area contributed by atoms with Crippen LogP contribution >= 0.6 is 23.4 Å². The summed E-state index contributed by atoms with van der Waals surface area (Å²) in [6, 6.07) is 13.2. The molecule has 2 aromatic carbocycles. The van der Waals surface area contributed by atoms with Crippen LogP contribution in [0.2, 0.25) is 5.02 Å². The minimum absolute atomic E-state index is 0.226. The number of anilines is 2. The number of halogens is 1. The number of hydrogen-bond acceptors (Lipinski definition) is 8. The normalized spacial score (nSPS) is 19.9. The van der Waals surface area contributed by atoms with Gasteiger partial charge in [0.15, 0.2) is 0 Å². The largest absolute Gasteiger partial charge is 0.387 e. The number of nitrogens with one attached hydrogen (secondary N) is 3. The van der Waals surface area contributed by atoms with Crippen LogP contribution in [0.25, 0.3) is 0 Å². The number of nitrogens with zero attached hydrogens (tertiary/aromatic N) is 1. The molecular weight excluding hydrogens is 524 g/mol. The molecule has 12 heteroatoms. The number of benzene rings is 2. The van der Waals surface area contributed by atoms with Crippen LogP contribution in [0, 0.1) is 0 Å². The molecule has 2 fully saturated rings. The number of sulfonamides is 1. The average molecular weight is 553 g/mol. The number of piperidine rings is 1. The second-order valence-electron chi connectivity index (χ2n) is 9.05. The molecule has 2 atom stereocenters. The molecule has 4 N–H and O–H groups in total. The first-order valence-electron chi connectivity index (χ1n) is 11.6. The van der Waals surface area contributed by atoms with Crippen molar-refractivity contribution in [2.24, 2.45) is 0 Å². The summed E-state index contributed by atoms with van der Waals surface area (Å²) in [6.45, 7) is 2.08. The number of thioether (sulfide) groups is 1. The molecule has 2 aliphatic rings. The van der Waals surface area contributed by atoms with Crippen LogP contribution in [-0.2, 0) is 21.2 Å². The molecule has 2 saturated heterocycles. The zero-order valence-corrected chi connectivity index (χ0v) is 22.1. The summed E-state index contributed by atoms with van der Waals surface area (Å²) < 4.78 is 25.4. The number of hydrogen-bond donors (Lipinski definition) is 4. The summed E-state index contributed by atoms with van der Waals surface area (Å²) in [5, 5.41) is 16.0. The lowest BCUT2D eigenvalue weighted by atomic mass is 10.0. The number of aliphatic hydroxyl groups is 1. The van der Waals surface area contributed by atoms with E-state index in [-0.39, 0.29) is 33.1 Å². The van der Waals surface area contributed by atoms with Crippen molar-refractivity contribution in [3.8, 4) is 0 Å². The molecule has 1 unspecified atom stereocenters. The van der Waals surface area contributed by atoms with Gasteiger partial charge in [-0.25, -0.2) is 8.42 Å². The predicted octanol–water partition coefficient (Wildman–Crippen LogP) is 2.90.